The number of carbonyl (C=O) groups excluding carboxylic acids is 1. The van der Waals surface area contributed by atoms with Gasteiger partial charge < -0.3 is 16.2 Å². The molecular weight excluding hydrogens is 250 g/mol. The Morgan fingerprint density at radius 2 is 2.39 bits per heavy atom. The minimum Gasteiger partial charge on any atom is -0.396 e. The van der Waals surface area contributed by atoms with Crippen molar-refractivity contribution in [3.05, 3.63) is 16.1 Å². The van der Waals surface area contributed by atoms with Crippen molar-refractivity contribution in [1.29, 1.82) is 0 Å². The van der Waals surface area contributed by atoms with Crippen LogP contribution in [0.2, 0.25) is 0 Å². The van der Waals surface area contributed by atoms with E-state index in [0.717, 1.165) is 24.3 Å². The van der Waals surface area contributed by atoms with Crippen LogP contribution in [0, 0.1) is 5.41 Å². The predicted octanol–water partition coefficient (Wildman–Crippen LogP) is 0.537. The van der Waals surface area contributed by atoms with Crippen molar-refractivity contribution in [1.82, 2.24) is 10.3 Å². The van der Waals surface area contributed by atoms with Gasteiger partial charge in [0, 0.05) is 25.0 Å². The SMILES string of the molecule is NCCc1nc(C(=O)NCC2(CCO)CC2)cs1. The van der Waals surface area contributed by atoms with E-state index >= 15 is 0 Å². The first kappa shape index (κ1) is 13.5. The zero-order valence-electron chi connectivity index (χ0n) is 10.3. The van der Waals surface area contributed by atoms with E-state index in [9.17, 15) is 4.79 Å². The normalized spacial score (nSPS) is 16.6. The van der Waals surface area contributed by atoms with Gasteiger partial charge in [0.05, 0.1) is 5.01 Å². The Balaban J connectivity index is 1.83. The Bertz CT molecular complexity index is 415. The summed E-state index contributed by atoms with van der Waals surface area (Å²) in [5, 5.41) is 14.5. The number of aromatic nitrogens is 1. The zero-order valence-corrected chi connectivity index (χ0v) is 11.1. The molecule has 0 bridgehead atoms. The molecule has 0 unspecified atom stereocenters. The van der Waals surface area contributed by atoms with Gasteiger partial charge >= 0.3 is 0 Å². The molecule has 5 nitrogen and oxygen atoms in total. The highest BCUT2D eigenvalue weighted by Crippen LogP contribution is 2.47. The molecule has 0 saturated heterocycles. The Labute approximate surface area is 110 Å². The molecule has 0 spiro atoms. The number of hydrogen-bond acceptors (Lipinski definition) is 5. The summed E-state index contributed by atoms with van der Waals surface area (Å²) in [4.78, 5) is 16.1. The molecule has 1 aliphatic rings. The fourth-order valence-electron chi connectivity index (χ4n) is 1.94. The van der Waals surface area contributed by atoms with Gasteiger partial charge in [-0.25, -0.2) is 4.98 Å². The molecular formula is C12H19N3O2S. The number of nitrogens with zero attached hydrogens (tertiary/aromatic N) is 1. The van der Waals surface area contributed by atoms with Crippen LogP contribution in [0.5, 0.6) is 0 Å². The topological polar surface area (TPSA) is 88.2 Å². The van der Waals surface area contributed by atoms with Gasteiger partial charge in [-0.1, -0.05) is 0 Å². The van der Waals surface area contributed by atoms with Crippen LogP contribution in [-0.2, 0) is 6.42 Å². The zero-order chi connectivity index (χ0) is 13.0. The molecule has 1 aromatic rings. The standard InChI is InChI=1S/C12H19N3O2S/c13-5-1-10-15-9(7-18-10)11(17)14-8-12(2-3-12)4-6-16/h7,16H,1-6,8,13H2,(H,14,17). The van der Waals surface area contributed by atoms with Crippen molar-refractivity contribution >= 4 is 17.2 Å². The first-order valence-electron chi connectivity index (χ1n) is 6.23. The highest BCUT2D eigenvalue weighted by atomic mass is 32.1. The number of carbonyl (C=O) groups is 1. The summed E-state index contributed by atoms with van der Waals surface area (Å²) in [6.07, 6.45) is 3.65. The molecule has 4 N–H and O–H groups in total. The minimum absolute atomic E-state index is 0.126. The lowest BCUT2D eigenvalue weighted by Crippen LogP contribution is -2.31. The van der Waals surface area contributed by atoms with E-state index in [2.05, 4.69) is 10.3 Å². The monoisotopic (exact) mass is 269 g/mol. The van der Waals surface area contributed by atoms with Crippen molar-refractivity contribution in [2.24, 2.45) is 11.1 Å². The van der Waals surface area contributed by atoms with E-state index in [-0.39, 0.29) is 17.9 Å². The van der Waals surface area contributed by atoms with Crippen molar-refractivity contribution in [2.45, 2.75) is 25.7 Å². The van der Waals surface area contributed by atoms with E-state index < -0.39 is 0 Å². The van der Waals surface area contributed by atoms with E-state index in [1.807, 2.05) is 0 Å². The maximum Gasteiger partial charge on any atom is 0.270 e. The summed E-state index contributed by atoms with van der Waals surface area (Å²) in [5.41, 5.74) is 6.06. The molecule has 1 aliphatic carbocycles. The lowest BCUT2D eigenvalue weighted by Gasteiger charge is -2.13. The molecule has 0 atom stereocenters. The fraction of sp³-hybridized carbons (Fsp3) is 0.667. The number of thiazole rings is 1. The fourth-order valence-corrected chi connectivity index (χ4v) is 2.74. The molecule has 1 heterocycles. The first-order chi connectivity index (χ1) is 8.69. The number of nitrogens with one attached hydrogen (secondary N) is 1. The van der Waals surface area contributed by atoms with E-state index in [1.165, 1.54) is 11.3 Å². The highest BCUT2D eigenvalue weighted by molar-refractivity contribution is 7.09. The van der Waals surface area contributed by atoms with Crippen LogP contribution in [-0.4, -0.2) is 35.7 Å². The molecule has 1 amide bonds. The molecule has 0 radical (unpaired) electrons. The maximum atomic E-state index is 11.9. The second kappa shape index (κ2) is 5.77. The molecule has 2 rings (SSSR count). The third kappa shape index (κ3) is 3.28. The van der Waals surface area contributed by atoms with Crippen molar-refractivity contribution in [3.63, 3.8) is 0 Å². The van der Waals surface area contributed by atoms with Crippen LogP contribution in [0.1, 0.15) is 34.8 Å². The van der Waals surface area contributed by atoms with E-state index in [4.69, 9.17) is 10.8 Å². The Morgan fingerprint density at radius 3 is 3.00 bits per heavy atom. The number of hydrogen-bond donors (Lipinski definition) is 3. The quantitative estimate of drug-likeness (QED) is 0.674. The number of nitrogens with two attached hydrogens (primary N) is 1. The largest absolute Gasteiger partial charge is 0.396 e. The molecule has 1 saturated carbocycles. The van der Waals surface area contributed by atoms with Crippen LogP contribution in [0.4, 0.5) is 0 Å². The van der Waals surface area contributed by atoms with Crippen LogP contribution < -0.4 is 11.1 Å². The smallest absolute Gasteiger partial charge is 0.270 e. The van der Waals surface area contributed by atoms with Crippen molar-refractivity contribution < 1.29 is 9.90 Å². The van der Waals surface area contributed by atoms with Gasteiger partial charge in [0.2, 0.25) is 0 Å². The average molecular weight is 269 g/mol. The second-order valence-corrected chi connectivity index (χ2v) is 5.76. The van der Waals surface area contributed by atoms with Crippen molar-refractivity contribution in [3.8, 4) is 0 Å². The Kier molecular flexibility index (Phi) is 4.31. The van der Waals surface area contributed by atoms with E-state index in [0.29, 0.717) is 25.2 Å². The minimum atomic E-state index is -0.126. The first-order valence-corrected chi connectivity index (χ1v) is 7.11. The molecule has 0 aliphatic heterocycles. The lowest BCUT2D eigenvalue weighted by atomic mass is 10.0. The molecule has 100 valence electrons. The Morgan fingerprint density at radius 1 is 1.61 bits per heavy atom. The third-order valence-electron chi connectivity index (χ3n) is 3.37. The van der Waals surface area contributed by atoms with Gasteiger partial charge in [0.25, 0.3) is 5.91 Å². The summed E-state index contributed by atoms with van der Waals surface area (Å²) < 4.78 is 0. The summed E-state index contributed by atoms with van der Waals surface area (Å²) in [6.45, 7) is 1.37. The predicted molar refractivity (Wildman–Crippen MR) is 70.6 cm³/mol. The number of rotatable bonds is 7. The van der Waals surface area contributed by atoms with Crippen LogP contribution in [0.15, 0.2) is 5.38 Å². The van der Waals surface area contributed by atoms with Gasteiger partial charge in [-0.15, -0.1) is 11.3 Å². The summed E-state index contributed by atoms with van der Waals surface area (Å²) in [5.74, 6) is -0.126. The second-order valence-electron chi connectivity index (χ2n) is 4.82. The molecule has 0 aromatic carbocycles. The van der Waals surface area contributed by atoms with Crippen molar-refractivity contribution in [2.75, 3.05) is 19.7 Å². The third-order valence-corrected chi connectivity index (χ3v) is 4.27. The number of aliphatic hydroxyl groups excluding tert-OH is 1. The van der Waals surface area contributed by atoms with Gasteiger partial charge in [-0.05, 0) is 31.2 Å². The van der Waals surface area contributed by atoms with Gasteiger partial charge in [-0.3, -0.25) is 4.79 Å². The Hall–Kier alpha value is -0.980. The molecule has 1 aromatic heterocycles. The van der Waals surface area contributed by atoms with Crippen LogP contribution in [0.3, 0.4) is 0 Å². The van der Waals surface area contributed by atoms with Crippen LogP contribution >= 0.6 is 11.3 Å². The summed E-state index contributed by atoms with van der Waals surface area (Å²) in [7, 11) is 0. The summed E-state index contributed by atoms with van der Waals surface area (Å²) >= 11 is 1.47. The van der Waals surface area contributed by atoms with Gasteiger partial charge in [0.1, 0.15) is 5.69 Å². The van der Waals surface area contributed by atoms with Crippen LogP contribution in [0.25, 0.3) is 0 Å². The molecule has 1 fully saturated rings. The van der Waals surface area contributed by atoms with Gasteiger partial charge in [-0.2, -0.15) is 0 Å². The average Bonchev–Trinajstić information content (AvgIpc) is 2.96. The lowest BCUT2D eigenvalue weighted by molar-refractivity contribution is 0.0936. The number of aliphatic hydroxyl groups is 1. The highest BCUT2D eigenvalue weighted by Gasteiger charge is 2.41. The summed E-state index contributed by atoms with van der Waals surface area (Å²) in [6, 6.07) is 0. The maximum absolute atomic E-state index is 11.9. The molecule has 6 heteroatoms. The van der Waals surface area contributed by atoms with Gasteiger partial charge in [0.15, 0.2) is 0 Å². The number of amides is 1. The van der Waals surface area contributed by atoms with E-state index in [1.54, 1.807) is 5.38 Å². The molecule has 18 heavy (non-hydrogen) atoms.